The third-order valence-electron chi connectivity index (χ3n) is 6.67. The Morgan fingerprint density at radius 2 is 1.61 bits per heavy atom. The van der Waals surface area contributed by atoms with Crippen molar-refractivity contribution in [2.24, 2.45) is 0 Å². The molecule has 220 valence electrons. The minimum Gasteiger partial charge on any atom is -0.354 e. The van der Waals surface area contributed by atoms with Crippen LogP contribution >= 0.6 is 34.8 Å². The third-order valence-corrected chi connectivity index (χ3v) is 9.59. The Hall–Kier alpha value is -2.78. The second kappa shape index (κ2) is 14.9. The van der Waals surface area contributed by atoms with Crippen molar-refractivity contribution in [1.29, 1.82) is 0 Å². The van der Waals surface area contributed by atoms with Gasteiger partial charge in [0.15, 0.2) is 0 Å². The van der Waals surface area contributed by atoms with Crippen LogP contribution < -0.4 is 9.62 Å². The molecule has 0 saturated heterocycles. The molecule has 0 aliphatic carbocycles. The fraction of sp³-hybridized carbons (Fsp3) is 0.333. The number of carbonyl (C=O) groups excluding carboxylic acids is 2. The highest BCUT2D eigenvalue weighted by Crippen LogP contribution is 2.31. The van der Waals surface area contributed by atoms with Gasteiger partial charge in [-0.05, 0) is 67.3 Å². The summed E-state index contributed by atoms with van der Waals surface area (Å²) in [6, 6.07) is 16.9. The average molecular weight is 639 g/mol. The lowest BCUT2D eigenvalue weighted by Gasteiger charge is -2.33. The molecule has 0 bridgehead atoms. The SMILES string of the molecule is CCCCNC(=O)[C@H](CC)N(Cc1ccc(Cl)c(Cl)c1)C(=O)CN(c1cccc(Cl)c1C)S(=O)(=O)c1ccccc1. The van der Waals surface area contributed by atoms with Gasteiger partial charge in [0.2, 0.25) is 11.8 Å². The topological polar surface area (TPSA) is 86.8 Å². The molecule has 41 heavy (non-hydrogen) atoms. The van der Waals surface area contributed by atoms with Gasteiger partial charge < -0.3 is 10.2 Å². The molecule has 11 heteroatoms. The lowest BCUT2D eigenvalue weighted by Crippen LogP contribution is -2.52. The van der Waals surface area contributed by atoms with E-state index in [9.17, 15) is 18.0 Å². The number of unbranched alkanes of at least 4 members (excludes halogenated alkanes) is 1. The molecular formula is C30H34Cl3N3O4S. The van der Waals surface area contributed by atoms with Gasteiger partial charge in [-0.3, -0.25) is 13.9 Å². The van der Waals surface area contributed by atoms with E-state index in [1.165, 1.54) is 17.0 Å². The van der Waals surface area contributed by atoms with Crippen molar-refractivity contribution in [2.45, 2.75) is 57.5 Å². The molecule has 0 aliphatic rings. The van der Waals surface area contributed by atoms with E-state index >= 15 is 0 Å². The van der Waals surface area contributed by atoms with E-state index in [4.69, 9.17) is 34.8 Å². The van der Waals surface area contributed by atoms with E-state index < -0.39 is 28.5 Å². The van der Waals surface area contributed by atoms with Crippen LogP contribution in [0.4, 0.5) is 5.69 Å². The van der Waals surface area contributed by atoms with Gasteiger partial charge in [0.05, 0.1) is 20.6 Å². The molecule has 3 aromatic carbocycles. The van der Waals surface area contributed by atoms with E-state index in [-0.39, 0.29) is 23.0 Å². The second-order valence-corrected chi connectivity index (χ2v) is 12.6. The van der Waals surface area contributed by atoms with Crippen molar-refractivity contribution in [3.8, 4) is 0 Å². The van der Waals surface area contributed by atoms with Gasteiger partial charge in [-0.25, -0.2) is 8.42 Å². The lowest BCUT2D eigenvalue weighted by molar-refractivity contribution is -0.140. The number of sulfonamides is 1. The first kappa shape index (κ1) is 32.7. The fourth-order valence-corrected chi connectivity index (χ4v) is 6.34. The van der Waals surface area contributed by atoms with Crippen LogP contribution in [0.1, 0.15) is 44.2 Å². The van der Waals surface area contributed by atoms with Crippen molar-refractivity contribution >= 4 is 62.3 Å². The molecule has 0 radical (unpaired) electrons. The predicted molar refractivity (Wildman–Crippen MR) is 166 cm³/mol. The van der Waals surface area contributed by atoms with Gasteiger partial charge >= 0.3 is 0 Å². The lowest BCUT2D eigenvalue weighted by atomic mass is 10.1. The van der Waals surface area contributed by atoms with Gasteiger partial charge in [-0.1, -0.05) is 85.4 Å². The van der Waals surface area contributed by atoms with Gasteiger partial charge in [0.25, 0.3) is 10.0 Å². The molecule has 0 fully saturated rings. The van der Waals surface area contributed by atoms with Crippen LogP contribution in [0.25, 0.3) is 0 Å². The summed E-state index contributed by atoms with van der Waals surface area (Å²) in [5, 5.41) is 3.92. The molecule has 7 nitrogen and oxygen atoms in total. The molecule has 0 aliphatic heterocycles. The van der Waals surface area contributed by atoms with Crippen LogP contribution in [0.15, 0.2) is 71.6 Å². The number of rotatable bonds is 13. The van der Waals surface area contributed by atoms with E-state index in [0.29, 0.717) is 39.2 Å². The van der Waals surface area contributed by atoms with Crippen molar-refractivity contribution in [2.75, 3.05) is 17.4 Å². The minimum atomic E-state index is -4.19. The highest BCUT2D eigenvalue weighted by molar-refractivity contribution is 7.92. The van der Waals surface area contributed by atoms with E-state index in [2.05, 4.69) is 5.32 Å². The molecule has 3 rings (SSSR count). The maximum absolute atomic E-state index is 14.1. The number of halogens is 3. The first-order valence-electron chi connectivity index (χ1n) is 13.3. The van der Waals surface area contributed by atoms with Gasteiger partial charge in [-0.15, -0.1) is 0 Å². The smallest absolute Gasteiger partial charge is 0.264 e. The Morgan fingerprint density at radius 1 is 0.902 bits per heavy atom. The fourth-order valence-electron chi connectivity index (χ4n) is 4.36. The molecular weight excluding hydrogens is 605 g/mol. The zero-order valence-electron chi connectivity index (χ0n) is 23.2. The number of nitrogens with one attached hydrogen (secondary N) is 1. The first-order chi connectivity index (χ1) is 19.5. The standard InChI is InChI=1S/C30H34Cl3N3O4S/c1-4-6-17-34-30(38)27(5-2)35(19-22-15-16-25(32)26(33)18-22)29(37)20-36(28-14-10-13-24(31)21(28)3)41(39,40)23-11-8-7-9-12-23/h7-16,18,27H,4-6,17,19-20H2,1-3H3,(H,34,38)/t27-/m0/s1. The van der Waals surface area contributed by atoms with Crippen molar-refractivity contribution in [1.82, 2.24) is 10.2 Å². The van der Waals surface area contributed by atoms with Gasteiger partial charge in [-0.2, -0.15) is 0 Å². The highest BCUT2D eigenvalue weighted by atomic mass is 35.5. The van der Waals surface area contributed by atoms with Crippen molar-refractivity contribution < 1.29 is 18.0 Å². The van der Waals surface area contributed by atoms with E-state index in [0.717, 1.165) is 17.1 Å². The summed E-state index contributed by atoms with van der Waals surface area (Å²) in [5.74, 6) is -0.877. The van der Waals surface area contributed by atoms with E-state index in [1.807, 2.05) is 6.92 Å². The molecule has 0 spiro atoms. The summed E-state index contributed by atoms with van der Waals surface area (Å²) in [6.07, 6.45) is 2.00. The Morgan fingerprint density at radius 3 is 2.24 bits per heavy atom. The number of amides is 2. The minimum absolute atomic E-state index is 0.0170. The molecule has 0 unspecified atom stereocenters. The molecule has 0 aromatic heterocycles. The first-order valence-corrected chi connectivity index (χ1v) is 15.9. The zero-order chi connectivity index (χ0) is 30.2. The van der Waals surface area contributed by atoms with Crippen LogP contribution in [-0.4, -0.2) is 44.3 Å². The molecule has 0 heterocycles. The van der Waals surface area contributed by atoms with Crippen LogP contribution in [0.2, 0.25) is 15.1 Å². The summed E-state index contributed by atoms with van der Waals surface area (Å²) in [7, 11) is -4.19. The summed E-state index contributed by atoms with van der Waals surface area (Å²) in [4.78, 5) is 28.8. The zero-order valence-corrected chi connectivity index (χ0v) is 26.3. The molecule has 1 atom stereocenters. The number of benzene rings is 3. The Labute approximate surface area is 257 Å². The summed E-state index contributed by atoms with van der Waals surface area (Å²) in [6.45, 7) is 5.44. The molecule has 0 saturated carbocycles. The van der Waals surface area contributed by atoms with Crippen molar-refractivity contribution in [3.05, 3.63) is 92.9 Å². The van der Waals surface area contributed by atoms with Crippen molar-refractivity contribution in [3.63, 3.8) is 0 Å². The van der Waals surface area contributed by atoms with Crippen LogP contribution in [-0.2, 0) is 26.2 Å². The highest BCUT2D eigenvalue weighted by Gasteiger charge is 2.34. The Bertz CT molecular complexity index is 1470. The predicted octanol–water partition coefficient (Wildman–Crippen LogP) is 6.87. The monoisotopic (exact) mass is 637 g/mol. The summed E-state index contributed by atoms with van der Waals surface area (Å²) < 4.78 is 28.9. The summed E-state index contributed by atoms with van der Waals surface area (Å²) in [5.41, 5.74) is 1.41. The number of nitrogens with zero attached hydrogens (tertiary/aromatic N) is 2. The number of carbonyl (C=O) groups is 2. The Balaban J connectivity index is 2.08. The van der Waals surface area contributed by atoms with E-state index in [1.54, 1.807) is 68.4 Å². The Kier molecular flexibility index (Phi) is 11.9. The van der Waals surface area contributed by atoms with Crippen LogP contribution in [0.3, 0.4) is 0 Å². The maximum Gasteiger partial charge on any atom is 0.264 e. The molecule has 3 aromatic rings. The van der Waals surface area contributed by atoms with Gasteiger partial charge in [0.1, 0.15) is 12.6 Å². The number of anilines is 1. The second-order valence-electron chi connectivity index (χ2n) is 9.55. The quantitative estimate of drug-likeness (QED) is 0.207. The number of hydrogen-bond donors (Lipinski definition) is 1. The summed E-state index contributed by atoms with van der Waals surface area (Å²) >= 11 is 18.7. The third kappa shape index (κ3) is 8.16. The molecule has 2 amide bonds. The van der Waals surface area contributed by atoms with Crippen LogP contribution in [0.5, 0.6) is 0 Å². The maximum atomic E-state index is 14.1. The largest absolute Gasteiger partial charge is 0.354 e. The van der Waals surface area contributed by atoms with Gasteiger partial charge in [0, 0.05) is 18.1 Å². The normalized spacial score (nSPS) is 12.0. The average Bonchev–Trinajstić information content (AvgIpc) is 2.95. The van der Waals surface area contributed by atoms with Crippen LogP contribution in [0, 0.1) is 6.92 Å². The number of hydrogen-bond acceptors (Lipinski definition) is 4. The molecule has 1 N–H and O–H groups in total.